The Morgan fingerprint density at radius 1 is 1.08 bits per heavy atom. The Kier molecular flexibility index (Phi) is 4.38. The fraction of sp³-hybridized carbons (Fsp3) is 0.0556. The summed E-state index contributed by atoms with van der Waals surface area (Å²) in [4.78, 5) is 29.7. The molecule has 0 atom stereocenters. The summed E-state index contributed by atoms with van der Waals surface area (Å²) in [7, 11) is 0. The molecular weight excluding hydrogens is 306 g/mol. The molecule has 0 radical (unpaired) electrons. The smallest absolute Gasteiger partial charge is 0.264 e. The number of nitrogens with one attached hydrogen (secondary N) is 1. The van der Waals surface area contributed by atoms with Crippen LogP contribution in [-0.4, -0.2) is 15.9 Å². The molecule has 0 unspecified atom stereocenters. The SMILES string of the molecule is NC(=O)c1cnc(-c2ccccc2OCc2ccccc2)[nH]c1=O. The molecule has 24 heavy (non-hydrogen) atoms. The van der Waals surface area contributed by atoms with Crippen LogP contribution in [0.1, 0.15) is 15.9 Å². The normalized spacial score (nSPS) is 10.3. The maximum absolute atomic E-state index is 11.9. The van der Waals surface area contributed by atoms with Gasteiger partial charge in [0.1, 0.15) is 23.7 Å². The molecule has 120 valence electrons. The number of aromatic nitrogens is 2. The molecular formula is C18H15N3O3. The number of hydrogen-bond donors (Lipinski definition) is 2. The largest absolute Gasteiger partial charge is 0.488 e. The van der Waals surface area contributed by atoms with E-state index >= 15 is 0 Å². The van der Waals surface area contributed by atoms with Gasteiger partial charge in [0.05, 0.1) is 5.56 Å². The van der Waals surface area contributed by atoms with Gasteiger partial charge in [-0.15, -0.1) is 0 Å². The first kappa shape index (κ1) is 15.5. The zero-order chi connectivity index (χ0) is 16.9. The molecule has 6 nitrogen and oxygen atoms in total. The molecule has 3 rings (SSSR count). The minimum absolute atomic E-state index is 0.179. The van der Waals surface area contributed by atoms with Crippen LogP contribution >= 0.6 is 0 Å². The number of carbonyl (C=O) groups excluding carboxylic acids is 1. The van der Waals surface area contributed by atoms with Crippen molar-refractivity contribution < 1.29 is 9.53 Å². The molecule has 0 bridgehead atoms. The second kappa shape index (κ2) is 6.78. The van der Waals surface area contributed by atoms with Crippen LogP contribution in [0.3, 0.4) is 0 Å². The minimum atomic E-state index is -0.816. The fourth-order valence-corrected chi connectivity index (χ4v) is 2.23. The number of nitrogens with two attached hydrogens (primary N) is 1. The number of nitrogens with zero attached hydrogens (tertiary/aromatic N) is 1. The summed E-state index contributed by atoms with van der Waals surface area (Å²) in [5.74, 6) is 0.0777. The van der Waals surface area contributed by atoms with Gasteiger partial charge in [0.25, 0.3) is 11.5 Å². The van der Waals surface area contributed by atoms with Crippen LogP contribution in [-0.2, 0) is 6.61 Å². The topological polar surface area (TPSA) is 98.1 Å². The second-order valence-corrected chi connectivity index (χ2v) is 5.11. The van der Waals surface area contributed by atoms with Crippen molar-refractivity contribution in [1.29, 1.82) is 0 Å². The molecule has 0 aliphatic heterocycles. The second-order valence-electron chi connectivity index (χ2n) is 5.11. The van der Waals surface area contributed by atoms with Crippen LogP contribution < -0.4 is 16.0 Å². The summed E-state index contributed by atoms with van der Waals surface area (Å²) < 4.78 is 5.84. The molecule has 0 aliphatic carbocycles. The third-order valence-electron chi connectivity index (χ3n) is 3.44. The molecule has 2 aromatic carbocycles. The van der Waals surface area contributed by atoms with E-state index in [1.54, 1.807) is 12.1 Å². The van der Waals surface area contributed by atoms with Crippen molar-refractivity contribution in [2.24, 2.45) is 5.73 Å². The summed E-state index contributed by atoms with van der Waals surface area (Å²) in [6.07, 6.45) is 1.17. The third-order valence-corrected chi connectivity index (χ3v) is 3.44. The molecule has 6 heteroatoms. The van der Waals surface area contributed by atoms with E-state index in [9.17, 15) is 9.59 Å². The first-order valence-electron chi connectivity index (χ1n) is 7.30. The van der Waals surface area contributed by atoms with Crippen molar-refractivity contribution in [1.82, 2.24) is 9.97 Å². The Balaban J connectivity index is 1.90. The molecule has 1 aromatic heterocycles. The number of aromatic amines is 1. The van der Waals surface area contributed by atoms with Crippen molar-refractivity contribution >= 4 is 5.91 Å². The van der Waals surface area contributed by atoms with E-state index < -0.39 is 11.5 Å². The summed E-state index contributed by atoms with van der Waals surface area (Å²) in [5.41, 5.74) is 6.02. The number of rotatable bonds is 5. The number of hydrogen-bond acceptors (Lipinski definition) is 4. The van der Waals surface area contributed by atoms with Crippen molar-refractivity contribution in [2.75, 3.05) is 0 Å². The zero-order valence-corrected chi connectivity index (χ0v) is 12.7. The van der Waals surface area contributed by atoms with Gasteiger partial charge in [0.15, 0.2) is 0 Å². The Hall–Kier alpha value is -3.41. The van der Waals surface area contributed by atoms with E-state index in [4.69, 9.17) is 10.5 Å². The van der Waals surface area contributed by atoms with Crippen molar-refractivity contribution in [2.45, 2.75) is 6.61 Å². The monoisotopic (exact) mass is 321 g/mol. The van der Waals surface area contributed by atoms with Crippen molar-refractivity contribution in [3.05, 3.63) is 82.3 Å². The number of ether oxygens (including phenoxy) is 1. The van der Waals surface area contributed by atoms with Gasteiger partial charge in [-0.3, -0.25) is 9.59 Å². The average molecular weight is 321 g/mol. The Bertz CT molecular complexity index is 920. The highest BCUT2D eigenvalue weighted by molar-refractivity contribution is 5.92. The first-order chi connectivity index (χ1) is 11.6. The van der Waals surface area contributed by atoms with Crippen LogP contribution in [0.25, 0.3) is 11.4 Å². The van der Waals surface area contributed by atoms with E-state index in [-0.39, 0.29) is 5.56 Å². The molecule has 0 fully saturated rings. The van der Waals surface area contributed by atoms with Gasteiger partial charge in [-0.05, 0) is 17.7 Å². The van der Waals surface area contributed by atoms with E-state index in [2.05, 4.69) is 9.97 Å². The van der Waals surface area contributed by atoms with Crippen molar-refractivity contribution in [3.63, 3.8) is 0 Å². The number of para-hydroxylation sites is 1. The van der Waals surface area contributed by atoms with Gasteiger partial charge in [-0.1, -0.05) is 42.5 Å². The highest BCUT2D eigenvalue weighted by atomic mass is 16.5. The minimum Gasteiger partial charge on any atom is -0.488 e. The number of amides is 1. The van der Waals surface area contributed by atoms with E-state index in [0.29, 0.717) is 23.7 Å². The van der Waals surface area contributed by atoms with Crippen LogP contribution in [0, 0.1) is 0 Å². The van der Waals surface area contributed by atoms with Crippen molar-refractivity contribution in [3.8, 4) is 17.1 Å². The maximum Gasteiger partial charge on any atom is 0.264 e. The van der Waals surface area contributed by atoms with E-state index in [1.807, 2.05) is 42.5 Å². The summed E-state index contributed by atoms with van der Waals surface area (Å²) in [6.45, 7) is 0.390. The molecule has 3 N–H and O–H groups in total. The predicted molar refractivity (Wildman–Crippen MR) is 89.6 cm³/mol. The van der Waals surface area contributed by atoms with E-state index in [0.717, 1.165) is 5.56 Å². The third kappa shape index (κ3) is 3.33. The summed E-state index contributed by atoms with van der Waals surface area (Å²) in [6, 6.07) is 17.0. The van der Waals surface area contributed by atoms with Crippen LogP contribution in [0.5, 0.6) is 5.75 Å². The van der Waals surface area contributed by atoms with Gasteiger partial charge in [0, 0.05) is 6.20 Å². The van der Waals surface area contributed by atoms with Crippen LogP contribution in [0.4, 0.5) is 0 Å². The molecule has 1 amide bonds. The number of primary amides is 1. The number of benzene rings is 2. The Labute approximate surface area is 137 Å². The molecule has 0 saturated heterocycles. The van der Waals surface area contributed by atoms with Gasteiger partial charge in [-0.25, -0.2) is 4.98 Å². The van der Waals surface area contributed by atoms with Crippen LogP contribution in [0.15, 0.2) is 65.6 Å². The Morgan fingerprint density at radius 3 is 2.50 bits per heavy atom. The standard InChI is InChI=1S/C18H15N3O3/c19-16(22)14-10-20-17(21-18(14)23)13-8-4-5-9-15(13)24-11-12-6-2-1-3-7-12/h1-10H,11H2,(H2,19,22)(H,20,21,23). The number of H-pyrrole nitrogens is 1. The summed E-state index contributed by atoms with van der Waals surface area (Å²) in [5, 5.41) is 0. The highest BCUT2D eigenvalue weighted by Crippen LogP contribution is 2.27. The quantitative estimate of drug-likeness (QED) is 0.752. The first-order valence-corrected chi connectivity index (χ1v) is 7.30. The summed E-state index contributed by atoms with van der Waals surface area (Å²) >= 11 is 0. The molecule has 0 aliphatic rings. The van der Waals surface area contributed by atoms with Crippen LogP contribution in [0.2, 0.25) is 0 Å². The highest BCUT2D eigenvalue weighted by Gasteiger charge is 2.12. The molecule has 1 heterocycles. The van der Waals surface area contributed by atoms with Gasteiger partial charge in [0.2, 0.25) is 0 Å². The maximum atomic E-state index is 11.9. The Morgan fingerprint density at radius 2 is 1.79 bits per heavy atom. The van der Waals surface area contributed by atoms with E-state index in [1.165, 1.54) is 6.20 Å². The molecule has 3 aromatic rings. The lowest BCUT2D eigenvalue weighted by Gasteiger charge is -2.11. The molecule has 0 saturated carbocycles. The lowest BCUT2D eigenvalue weighted by Crippen LogP contribution is -2.24. The van der Waals surface area contributed by atoms with Gasteiger partial charge in [-0.2, -0.15) is 0 Å². The lowest BCUT2D eigenvalue weighted by molar-refractivity contribution is 0.0998. The number of carbonyl (C=O) groups is 1. The van der Waals surface area contributed by atoms with Gasteiger partial charge < -0.3 is 15.5 Å². The van der Waals surface area contributed by atoms with Gasteiger partial charge >= 0.3 is 0 Å². The lowest BCUT2D eigenvalue weighted by atomic mass is 10.1. The zero-order valence-electron chi connectivity index (χ0n) is 12.7. The fourth-order valence-electron chi connectivity index (χ4n) is 2.23. The predicted octanol–water partition coefficient (Wildman–Crippen LogP) is 2.11. The average Bonchev–Trinajstić information content (AvgIpc) is 2.60. The molecule has 0 spiro atoms.